The van der Waals surface area contributed by atoms with Crippen molar-refractivity contribution in [3.63, 3.8) is 0 Å². The van der Waals surface area contributed by atoms with Gasteiger partial charge in [0, 0.05) is 6.92 Å². The summed E-state index contributed by atoms with van der Waals surface area (Å²) < 4.78 is 35.2. The minimum atomic E-state index is -4.51. The molecule has 0 bridgehead atoms. The van der Waals surface area contributed by atoms with E-state index < -0.39 is 23.9 Å². The third kappa shape index (κ3) is 3.36. The van der Waals surface area contributed by atoms with Crippen molar-refractivity contribution in [2.75, 3.05) is 0 Å². The predicted molar refractivity (Wildman–Crippen MR) is 34.3 cm³/mol. The molecule has 0 aliphatic rings. The number of halogens is 3. The normalized spacial score (nSPS) is 13.8. The highest BCUT2D eigenvalue weighted by Gasteiger charge is 2.37. The Balaban J connectivity index is 4.11. The zero-order chi connectivity index (χ0) is 9.94. The van der Waals surface area contributed by atoms with Gasteiger partial charge in [0.15, 0.2) is 0 Å². The van der Waals surface area contributed by atoms with Crippen LogP contribution in [0, 0.1) is 0 Å². The lowest BCUT2D eigenvalue weighted by atomic mass is 10.3. The van der Waals surface area contributed by atoms with Gasteiger partial charge < -0.3 is 5.32 Å². The number of rotatable bonds is 2. The average molecular weight is 183 g/mol. The number of hydrogen-bond acceptors (Lipinski definition) is 2. The first-order chi connectivity index (χ1) is 5.25. The zero-order valence-corrected chi connectivity index (χ0v) is 6.53. The van der Waals surface area contributed by atoms with Crippen LogP contribution in [0.2, 0.25) is 0 Å². The third-order valence-corrected chi connectivity index (χ3v) is 1.16. The Morgan fingerprint density at radius 3 is 2.00 bits per heavy atom. The SMILES string of the molecule is CC(=O)C(=O)N[C@@H](C)C(F)(F)F. The van der Waals surface area contributed by atoms with Crippen LogP contribution in [0.1, 0.15) is 13.8 Å². The quantitative estimate of drug-likeness (QED) is 0.638. The van der Waals surface area contributed by atoms with Gasteiger partial charge in [0.1, 0.15) is 6.04 Å². The summed E-state index contributed by atoms with van der Waals surface area (Å²) in [6.45, 7) is 1.67. The molecule has 0 fully saturated rings. The van der Waals surface area contributed by atoms with Crippen molar-refractivity contribution in [2.45, 2.75) is 26.1 Å². The Kier molecular flexibility index (Phi) is 3.24. The van der Waals surface area contributed by atoms with Gasteiger partial charge in [0.2, 0.25) is 5.78 Å². The molecule has 0 saturated carbocycles. The first-order valence-electron chi connectivity index (χ1n) is 3.13. The van der Waals surface area contributed by atoms with E-state index >= 15 is 0 Å². The van der Waals surface area contributed by atoms with E-state index in [4.69, 9.17) is 0 Å². The van der Waals surface area contributed by atoms with Crippen LogP contribution in [0.4, 0.5) is 13.2 Å². The molecule has 1 atom stereocenters. The van der Waals surface area contributed by atoms with Crippen LogP contribution in [-0.2, 0) is 9.59 Å². The molecule has 0 unspecified atom stereocenters. The van der Waals surface area contributed by atoms with Gasteiger partial charge in [0.05, 0.1) is 0 Å². The van der Waals surface area contributed by atoms with Gasteiger partial charge in [-0.05, 0) is 6.92 Å². The molecule has 6 heteroatoms. The largest absolute Gasteiger partial charge is 0.408 e. The van der Waals surface area contributed by atoms with Gasteiger partial charge in [0.25, 0.3) is 5.91 Å². The summed E-state index contributed by atoms with van der Waals surface area (Å²) in [6, 6.07) is -1.99. The first-order valence-corrected chi connectivity index (χ1v) is 3.13. The van der Waals surface area contributed by atoms with Crippen molar-refractivity contribution in [3.8, 4) is 0 Å². The molecule has 0 aromatic carbocycles. The number of ketones is 1. The number of hydrogen-bond donors (Lipinski definition) is 1. The Bertz CT molecular complexity index is 199. The molecule has 0 rings (SSSR count). The number of carbonyl (C=O) groups is 2. The maximum Gasteiger partial charge on any atom is 0.408 e. The zero-order valence-electron chi connectivity index (χ0n) is 6.53. The summed E-state index contributed by atoms with van der Waals surface area (Å²) in [7, 11) is 0. The van der Waals surface area contributed by atoms with E-state index in [-0.39, 0.29) is 0 Å². The molecule has 0 spiro atoms. The Labute approximate surface area is 66.9 Å². The van der Waals surface area contributed by atoms with Crippen LogP contribution < -0.4 is 5.32 Å². The summed E-state index contributed by atoms with van der Waals surface area (Å²) in [6.07, 6.45) is -4.51. The van der Waals surface area contributed by atoms with Gasteiger partial charge >= 0.3 is 6.18 Å². The molecule has 0 aliphatic heterocycles. The molecular formula is C6H8F3NO2. The molecule has 0 radical (unpaired) electrons. The van der Waals surface area contributed by atoms with Gasteiger partial charge in [-0.25, -0.2) is 0 Å². The van der Waals surface area contributed by atoms with E-state index in [1.54, 1.807) is 0 Å². The number of carbonyl (C=O) groups excluding carboxylic acids is 2. The van der Waals surface area contributed by atoms with Gasteiger partial charge in [-0.15, -0.1) is 0 Å². The number of amides is 1. The predicted octanol–water partition coefficient (Wildman–Crippen LogP) is 0.642. The fourth-order valence-electron chi connectivity index (χ4n) is 0.380. The fourth-order valence-corrected chi connectivity index (χ4v) is 0.380. The molecule has 70 valence electrons. The van der Waals surface area contributed by atoms with Crippen LogP contribution in [0.5, 0.6) is 0 Å². The Morgan fingerprint density at radius 1 is 1.33 bits per heavy atom. The smallest absolute Gasteiger partial charge is 0.338 e. The summed E-state index contributed by atoms with van der Waals surface area (Å²) in [5.41, 5.74) is 0. The van der Waals surface area contributed by atoms with E-state index in [1.807, 2.05) is 0 Å². The summed E-state index contributed by atoms with van der Waals surface area (Å²) in [5.74, 6) is -2.16. The Morgan fingerprint density at radius 2 is 1.75 bits per heavy atom. The van der Waals surface area contributed by atoms with E-state index in [0.717, 1.165) is 13.8 Å². The second-order valence-corrected chi connectivity index (χ2v) is 2.29. The number of Topliss-reactive ketones (excluding diaryl/α,β-unsaturated/α-hetero) is 1. The second-order valence-electron chi connectivity index (χ2n) is 2.29. The van der Waals surface area contributed by atoms with Crippen molar-refractivity contribution in [1.82, 2.24) is 5.32 Å². The molecular weight excluding hydrogens is 175 g/mol. The van der Waals surface area contributed by atoms with Crippen molar-refractivity contribution < 1.29 is 22.8 Å². The lowest BCUT2D eigenvalue weighted by Gasteiger charge is -2.15. The van der Waals surface area contributed by atoms with Gasteiger partial charge in [-0.2, -0.15) is 13.2 Å². The maximum absolute atomic E-state index is 11.7. The molecule has 3 nitrogen and oxygen atoms in total. The average Bonchev–Trinajstić information content (AvgIpc) is 1.85. The van der Waals surface area contributed by atoms with E-state index in [2.05, 4.69) is 0 Å². The summed E-state index contributed by atoms with van der Waals surface area (Å²) >= 11 is 0. The molecule has 0 heterocycles. The first kappa shape index (κ1) is 10.9. The fraction of sp³-hybridized carbons (Fsp3) is 0.667. The van der Waals surface area contributed by atoms with Crippen LogP contribution >= 0.6 is 0 Å². The second kappa shape index (κ2) is 3.55. The minimum Gasteiger partial charge on any atom is -0.338 e. The summed E-state index contributed by atoms with van der Waals surface area (Å²) in [4.78, 5) is 20.7. The molecule has 1 amide bonds. The third-order valence-electron chi connectivity index (χ3n) is 1.16. The topological polar surface area (TPSA) is 46.2 Å². The molecule has 0 aromatic rings. The van der Waals surface area contributed by atoms with Crippen molar-refractivity contribution in [1.29, 1.82) is 0 Å². The highest BCUT2D eigenvalue weighted by atomic mass is 19.4. The van der Waals surface area contributed by atoms with Crippen LogP contribution in [-0.4, -0.2) is 23.9 Å². The monoisotopic (exact) mass is 183 g/mol. The van der Waals surface area contributed by atoms with Crippen molar-refractivity contribution >= 4 is 11.7 Å². The number of nitrogens with one attached hydrogen (secondary N) is 1. The lowest BCUT2D eigenvalue weighted by Crippen LogP contribution is -2.45. The van der Waals surface area contributed by atoms with Crippen molar-refractivity contribution in [2.24, 2.45) is 0 Å². The van der Waals surface area contributed by atoms with E-state index in [1.165, 1.54) is 5.32 Å². The summed E-state index contributed by atoms with van der Waals surface area (Å²) in [5, 5.41) is 1.51. The minimum absolute atomic E-state index is 0.765. The van der Waals surface area contributed by atoms with Crippen LogP contribution in [0.3, 0.4) is 0 Å². The van der Waals surface area contributed by atoms with Gasteiger partial charge in [-0.3, -0.25) is 9.59 Å². The molecule has 1 N–H and O–H groups in total. The van der Waals surface area contributed by atoms with E-state index in [9.17, 15) is 22.8 Å². The van der Waals surface area contributed by atoms with Crippen molar-refractivity contribution in [3.05, 3.63) is 0 Å². The molecule has 0 aromatic heterocycles. The lowest BCUT2D eigenvalue weighted by molar-refractivity contribution is -0.159. The maximum atomic E-state index is 11.7. The molecule has 0 saturated heterocycles. The highest BCUT2D eigenvalue weighted by molar-refractivity contribution is 6.35. The van der Waals surface area contributed by atoms with E-state index in [0.29, 0.717) is 0 Å². The molecule has 12 heavy (non-hydrogen) atoms. The standard InChI is InChI=1S/C6H8F3NO2/c1-3(11)5(12)10-4(2)6(7,8)9/h4H,1-2H3,(H,10,12)/t4-/m0/s1. The van der Waals surface area contributed by atoms with Crippen LogP contribution in [0.25, 0.3) is 0 Å². The highest BCUT2D eigenvalue weighted by Crippen LogP contribution is 2.19. The van der Waals surface area contributed by atoms with Gasteiger partial charge in [-0.1, -0.05) is 0 Å². The number of alkyl halides is 3. The Hall–Kier alpha value is -1.07. The molecule has 0 aliphatic carbocycles. The van der Waals surface area contributed by atoms with Crippen LogP contribution in [0.15, 0.2) is 0 Å².